The van der Waals surface area contributed by atoms with Crippen molar-refractivity contribution in [2.75, 3.05) is 11.6 Å². The molecule has 0 aromatic heterocycles. The summed E-state index contributed by atoms with van der Waals surface area (Å²) in [5.41, 5.74) is 2.81. The minimum absolute atomic E-state index is 0.147. The molecule has 3 rings (SSSR count). The van der Waals surface area contributed by atoms with Gasteiger partial charge in [0, 0.05) is 10.0 Å². The molecule has 4 nitrogen and oxygen atoms in total. The molecule has 0 bridgehead atoms. The van der Waals surface area contributed by atoms with Crippen LogP contribution in [0.2, 0.25) is 0 Å². The lowest BCUT2D eigenvalue weighted by Gasteiger charge is -2.13. The van der Waals surface area contributed by atoms with E-state index in [-0.39, 0.29) is 5.91 Å². The van der Waals surface area contributed by atoms with Crippen molar-refractivity contribution < 1.29 is 9.53 Å². The molecule has 134 valence electrons. The molecule has 0 saturated heterocycles. The second-order valence-electron chi connectivity index (χ2n) is 5.85. The van der Waals surface area contributed by atoms with Crippen LogP contribution in [0.1, 0.15) is 25.8 Å². The fourth-order valence-electron chi connectivity index (χ4n) is 2.63. The number of anilines is 1. The molecule has 0 atom stereocenters. The van der Waals surface area contributed by atoms with Gasteiger partial charge in [0.1, 0.15) is 5.75 Å². The Morgan fingerprint density at radius 3 is 2.62 bits per heavy atom. The van der Waals surface area contributed by atoms with Crippen molar-refractivity contribution in [1.82, 2.24) is 0 Å². The van der Waals surface area contributed by atoms with Gasteiger partial charge in [-0.25, -0.2) is 0 Å². The number of hydrazone groups is 1. The third-order valence-electron chi connectivity index (χ3n) is 3.85. The molecule has 1 amide bonds. The van der Waals surface area contributed by atoms with E-state index in [4.69, 9.17) is 4.74 Å². The molecule has 1 heterocycles. The van der Waals surface area contributed by atoms with Crippen LogP contribution in [0.5, 0.6) is 5.75 Å². The average Bonchev–Trinajstić information content (AvgIpc) is 2.90. The number of para-hydroxylation sites is 1. The lowest BCUT2D eigenvalue weighted by Crippen LogP contribution is -2.21. The number of carbonyl (C=O) groups is 1. The largest absolute Gasteiger partial charge is 0.492 e. The maximum atomic E-state index is 12.9. The predicted molar refractivity (Wildman–Crippen MR) is 113 cm³/mol. The van der Waals surface area contributed by atoms with Crippen LogP contribution in [0.15, 0.2) is 62.1 Å². The fraction of sp³-hybridized carbons (Fsp3) is 0.200. The number of hydrogen-bond acceptors (Lipinski definition) is 3. The van der Waals surface area contributed by atoms with E-state index in [0.717, 1.165) is 32.4 Å². The van der Waals surface area contributed by atoms with Crippen molar-refractivity contribution in [3.63, 3.8) is 0 Å². The number of rotatable bonds is 5. The third-order valence-corrected chi connectivity index (χ3v) is 4.90. The van der Waals surface area contributed by atoms with Gasteiger partial charge in [0.15, 0.2) is 0 Å². The molecule has 1 aliphatic heterocycles. The number of benzene rings is 2. The highest BCUT2D eigenvalue weighted by Crippen LogP contribution is 2.35. The minimum atomic E-state index is -0.147. The quantitative estimate of drug-likeness (QED) is 0.510. The van der Waals surface area contributed by atoms with Crippen LogP contribution >= 0.6 is 31.9 Å². The highest BCUT2D eigenvalue weighted by Gasteiger charge is 2.29. The lowest BCUT2D eigenvalue weighted by atomic mass is 10.1. The zero-order valence-electron chi connectivity index (χ0n) is 14.5. The van der Waals surface area contributed by atoms with Crippen molar-refractivity contribution in [2.45, 2.75) is 20.3 Å². The SMILES string of the molecule is CCCOc1c(Br)cc(Br)cc1/C=C1/C(=O)N(c2ccccc2)N=C1C. The first-order valence-corrected chi connectivity index (χ1v) is 9.88. The Kier molecular flexibility index (Phi) is 5.94. The zero-order chi connectivity index (χ0) is 18.7. The van der Waals surface area contributed by atoms with E-state index in [1.165, 1.54) is 5.01 Å². The molecular formula is C20H18Br2N2O2. The van der Waals surface area contributed by atoms with Gasteiger partial charge in [-0.05, 0) is 59.6 Å². The summed E-state index contributed by atoms with van der Waals surface area (Å²) >= 11 is 7.05. The Labute approximate surface area is 169 Å². The molecule has 0 N–H and O–H groups in total. The van der Waals surface area contributed by atoms with Crippen LogP contribution in [-0.2, 0) is 4.79 Å². The smallest absolute Gasteiger partial charge is 0.280 e. The molecule has 0 saturated carbocycles. The topological polar surface area (TPSA) is 41.9 Å². The molecule has 26 heavy (non-hydrogen) atoms. The summed E-state index contributed by atoms with van der Waals surface area (Å²) in [6.45, 7) is 4.50. The van der Waals surface area contributed by atoms with E-state index in [1.54, 1.807) is 0 Å². The average molecular weight is 478 g/mol. The minimum Gasteiger partial charge on any atom is -0.492 e. The van der Waals surface area contributed by atoms with E-state index < -0.39 is 0 Å². The van der Waals surface area contributed by atoms with Gasteiger partial charge < -0.3 is 4.74 Å². The van der Waals surface area contributed by atoms with Crippen molar-refractivity contribution in [2.24, 2.45) is 5.10 Å². The molecule has 0 aliphatic carbocycles. The first-order chi connectivity index (χ1) is 12.5. The van der Waals surface area contributed by atoms with Gasteiger partial charge in [-0.1, -0.05) is 41.1 Å². The Bertz CT molecular complexity index is 892. The number of nitrogens with zero attached hydrogens (tertiary/aromatic N) is 2. The summed E-state index contributed by atoms with van der Waals surface area (Å²) < 4.78 is 7.63. The first kappa shape index (κ1) is 18.9. The van der Waals surface area contributed by atoms with Crippen LogP contribution in [0.25, 0.3) is 6.08 Å². The van der Waals surface area contributed by atoms with Gasteiger partial charge in [0.05, 0.1) is 28.1 Å². The molecule has 0 unspecified atom stereocenters. The highest BCUT2D eigenvalue weighted by molar-refractivity contribution is 9.11. The monoisotopic (exact) mass is 476 g/mol. The Morgan fingerprint density at radius 1 is 1.19 bits per heavy atom. The number of hydrogen-bond donors (Lipinski definition) is 0. The number of carbonyl (C=O) groups excluding carboxylic acids is 1. The van der Waals surface area contributed by atoms with E-state index in [2.05, 4.69) is 43.9 Å². The summed E-state index contributed by atoms with van der Waals surface area (Å²) in [5.74, 6) is 0.576. The van der Waals surface area contributed by atoms with Crippen LogP contribution in [0.4, 0.5) is 5.69 Å². The van der Waals surface area contributed by atoms with E-state index in [9.17, 15) is 4.79 Å². The van der Waals surface area contributed by atoms with Crippen LogP contribution in [0.3, 0.4) is 0 Å². The fourth-order valence-corrected chi connectivity index (χ4v) is 4.00. The van der Waals surface area contributed by atoms with Crippen molar-refractivity contribution in [3.8, 4) is 5.75 Å². The zero-order valence-corrected chi connectivity index (χ0v) is 17.7. The summed E-state index contributed by atoms with van der Waals surface area (Å²) in [6.07, 6.45) is 2.74. The molecule has 6 heteroatoms. The molecule has 1 aliphatic rings. The molecule has 0 spiro atoms. The molecular weight excluding hydrogens is 460 g/mol. The standard InChI is InChI=1S/C20H18Br2N2O2/c1-3-9-26-19-14(10-15(21)12-18(19)22)11-17-13(2)23-24(20(17)25)16-7-5-4-6-8-16/h4-8,10-12H,3,9H2,1-2H3/b17-11+. The highest BCUT2D eigenvalue weighted by atomic mass is 79.9. The Morgan fingerprint density at radius 2 is 1.92 bits per heavy atom. The van der Waals surface area contributed by atoms with Gasteiger partial charge in [0.2, 0.25) is 0 Å². The predicted octanol–water partition coefficient (Wildman–Crippen LogP) is 5.81. The molecule has 2 aromatic carbocycles. The Hall–Kier alpha value is -1.92. The molecule has 0 fully saturated rings. The van der Waals surface area contributed by atoms with Gasteiger partial charge in [0.25, 0.3) is 5.91 Å². The summed E-state index contributed by atoms with van der Waals surface area (Å²) in [7, 11) is 0. The van der Waals surface area contributed by atoms with Gasteiger partial charge in [-0.2, -0.15) is 10.1 Å². The number of ether oxygens (including phenoxy) is 1. The molecule has 2 aromatic rings. The van der Waals surface area contributed by atoms with E-state index in [0.29, 0.717) is 17.9 Å². The summed E-state index contributed by atoms with van der Waals surface area (Å²) in [4.78, 5) is 12.9. The second-order valence-corrected chi connectivity index (χ2v) is 7.62. The van der Waals surface area contributed by atoms with Crippen molar-refractivity contribution in [3.05, 3.63) is 62.5 Å². The normalized spacial score (nSPS) is 15.5. The van der Waals surface area contributed by atoms with Crippen LogP contribution < -0.4 is 9.75 Å². The molecule has 0 radical (unpaired) electrons. The van der Waals surface area contributed by atoms with Crippen molar-refractivity contribution >= 4 is 55.2 Å². The van der Waals surface area contributed by atoms with Crippen LogP contribution in [0, 0.1) is 0 Å². The first-order valence-electron chi connectivity index (χ1n) is 8.30. The maximum absolute atomic E-state index is 12.9. The summed E-state index contributed by atoms with van der Waals surface area (Å²) in [5, 5.41) is 5.85. The number of amides is 1. The van der Waals surface area contributed by atoms with Crippen LogP contribution in [-0.4, -0.2) is 18.2 Å². The lowest BCUT2D eigenvalue weighted by molar-refractivity contribution is -0.114. The third kappa shape index (κ3) is 3.91. The van der Waals surface area contributed by atoms with Gasteiger partial charge in [-0.15, -0.1) is 0 Å². The second kappa shape index (κ2) is 8.18. The Balaban J connectivity index is 2.00. The van der Waals surface area contributed by atoms with Gasteiger partial charge >= 0.3 is 0 Å². The van der Waals surface area contributed by atoms with E-state index >= 15 is 0 Å². The van der Waals surface area contributed by atoms with E-state index in [1.807, 2.05) is 55.5 Å². The number of halogens is 2. The van der Waals surface area contributed by atoms with Crippen molar-refractivity contribution in [1.29, 1.82) is 0 Å². The summed E-state index contributed by atoms with van der Waals surface area (Å²) in [6, 6.07) is 13.3. The maximum Gasteiger partial charge on any atom is 0.280 e. The van der Waals surface area contributed by atoms with Gasteiger partial charge in [-0.3, -0.25) is 4.79 Å².